The number of amides is 1. The highest BCUT2D eigenvalue weighted by Gasteiger charge is 2.33. The van der Waals surface area contributed by atoms with E-state index in [-0.39, 0.29) is 41.4 Å². The number of rotatable bonds is 4. The Morgan fingerprint density at radius 2 is 1.95 bits per heavy atom. The average Bonchev–Trinajstić information content (AvgIpc) is 2.37. The smallest absolute Gasteiger partial charge is 0.253 e. The molecule has 0 spiro atoms. The van der Waals surface area contributed by atoms with Crippen molar-refractivity contribution in [1.29, 1.82) is 0 Å². The van der Waals surface area contributed by atoms with E-state index in [1.165, 1.54) is 5.06 Å². The van der Waals surface area contributed by atoms with Crippen LogP contribution in [0.15, 0.2) is 40.3 Å². The van der Waals surface area contributed by atoms with Crippen molar-refractivity contribution in [2.24, 2.45) is 21.5 Å². The minimum absolute atomic E-state index is 0. The van der Waals surface area contributed by atoms with Gasteiger partial charge >= 0.3 is 0 Å². The van der Waals surface area contributed by atoms with E-state index in [1.807, 2.05) is 18.2 Å². The zero-order valence-electron chi connectivity index (χ0n) is 12.3. The molecule has 1 aliphatic heterocycles. The molecular weight excluding hydrogens is 352 g/mol. The van der Waals surface area contributed by atoms with Gasteiger partial charge in [-0.15, -0.1) is 17.0 Å². The zero-order chi connectivity index (χ0) is 15.5. The number of carbonyl (C=O) groups excluding carboxylic acids is 1. The summed E-state index contributed by atoms with van der Waals surface area (Å²) in [6.45, 7) is 3.27. The number of aliphatic imine (C=N–C) groups is 2. The van der Waals surface area contributed by atoms with E-state index in [0.717, 1.165) is 0 Å². The van der Waals surface area contributed by atoms with Gasteiger partial charge in [0.1, 0.15) is 0 Å². The number of nitrogens with one attached hydrogen (secondary N) is 1. The third-order valence-electron chi connectivity index (χ3n) is 2.70. The number of anilines is 1. The summed E-state index contributed by atoms with van der Waals surface area (Å²) in [5.74, 6) is -0.182. The van der Waals surface area contributed by atoms with Gasteiger partial charge in [0.05, 0.1) is 0 Å². The number of hydrogen-bond acceptors (Lipinski definition) is 7. The first-order valence-electron chi connectivity index (χ1n) is 6.36. The Bertz CT molecular complexity index is 587. The molecule has 0 atom stereocenters. The molecule has 1 aliphatic rings. The Balaban J connectivity index is 0.00000242. The Morgan fingerprint density at radius 1 is 1.32 bits per heavy atom. The minimum Gasteiger partial charge on any atom is -0.368 e. The fourth-order valence-electron chi connectivity index (χ4n) is 1.86. The molecule has 0 saturated carbocycles. The maximum absolute atomic E-state index is 11.8. The van der Waals surface area contributed by atoms with Crippen LogP contribution < -0.4 is 16.8 Å². The van der Waals surface area contributed by atoms with Gasteiger partial charge in [0.15, 0.2) is 12.3 Å². The van der Waals surface area contributed by atoms with Crippen LogP contribution in [0.2, 0.25) is 0 Å². The van der Waals surface area contributed by atoms with Crippen molar-refractivity contribution < 1.29 is 9.63 Å². The van der Waals surface area contributed by atoms with E-state index in [2.05, 4.69) is 15.3 Å². The van der Waals surface area contributed by atoms with Gasteiger partial charge in [-0.3, -0.25) is 9.63 Å². The van der Waals surface area contributed by atoms with Crippen LogP contribution in [0.3, 0.4) is 0 Å². The van der Waals surface area contributed by atoms with E-state index in [9.17, 15) is 4.79 Å². The van der Waals surface area contributed by atoms with Crippen molar-refractivity contribution in [3.05, 3.63) is 30.3 Å². The van der Waals surface area contributed by atoms with Crippen LogP contribution >= 0.6 is 17.0 Å². The van der Waals surface area contributed by atoms with Crippen molar-refractivity contribution in [3.8, 4) is 0 Å². The average molecular weight is 371 g/mol. The summed E-state index contributed by atoms with van der Waals surface area (Å²) in [4.78, 5) is 25.1. The van der Waals surface area contributed by atoms with Crippen LogP contribution in [0, 0.1) is 0 Å². The lowest BCUT2D eigenvalue weighted by molar-refractivity contribution is -0.165. The molecule has 2 rings (SSSR count). The van der Waals surface area contributed by atoms with Gasteiger partial charge < -0.3 is 16.8 Å². The Morgan fingerprint density at radius 3 is 2.55 bits per heavy atom. The lowest BCUT2D eigenvalue weighted by Crippen LogP contribution is -2.54. The number of guanidine groups is 2. The summed E-state index contributed by atoms with van der Waals surface area (Å²) in [5, 5.41) is 3.96. The predicted molar refractivity (Wildman–Crippen MR) is 90.5 cm³/mol. The third-order valence-corrected chi connectivity index (χ3v) is 2.70. The van der Waals surface area contributed by atoms with E-state index < -0.39 is 5.66 Å². The first kappa shape index (κ1) is 17.9. The minimum atomic E-state index is -0.830. The Hall–Kier alpha value is -2.13. The van der Waals surface area contributed by atoms with E-state index >= 15 is 0 Å². The fourth-order valence-corrected chi connectivity index (χ4v) is 1.86. The van der Waals surface area contributed by atoms with Gasteiger partial charge in [-0.05, 0) is 26.0 Å². The highest BCUT2D eigenvalue weighted by atomic mass is 79.9. The molecule has 0 unspecified atom stereocenters. The maximum Gasteiger partial charge on any atom is 0.253 e. The monoisotopic (exact) mass is 370 g/mol. The standard InChI is InChI=1S/C13H18N6O2.BrH/c1-13(2)18-11(14)17-12(15)19(13)21-8-10(20)16-9-6-4-3-5-7-9;/h3-7H,8H2,1-2H3,(H,16,20)(H4,14,15,17,18);1H. The number of para-hydroxylation sites is 1. The van der Waals surface area contributed by atoms with E-state index in [0.29, 0.717) is 5.69 Å². The largest absolute Gasteiger partial charge is 0.368 e. The van der Waals surface area contributed by atoms with Gasteiger partial charge in [-0.25, -0.2) is 4.99 Å². The molecule has 0 radical (unpaired) electrons. The molecule has 9 heteroatoms. The van der Waals surface area contributed by atoms with Crippen LogP contribution in [0.5, 0.6) is 0 Å². The zero-order valence-corrected chi connectivity index (χ0v) is 14.0. The van der Waals surface area contributed by atoms with E-state index in [1.54, 1.807) is 26.0 Å². The number of benzene rings is 1. The topological polar surface area (TPSA) is 118 Å². The Kier molecular flexibility index (Phi) is 5.89. The normalized spacial score (nSPS) is 16.2. The highest BCUT2D eigenvalue weighted by Crippen LogP contribution is 2.19. The number of hydroxylamine groups is 2. The molecular formula is C13H19BrN6O2. The number of halogens is 1. The Labute approximate surface area is 139 Å². The molecule has 8 nitrogen and oxygen atoms in total. The molecule has 0 aromatic heterocycles. The van der Waals surface area contributed by atoms with Gasteiger partial charge in [-0.2, -0.15) is 10.1 Å². The summed E-state index contributed by atoms with van der Waals surface area (Å²) >= 11 is 0. The van der Waals surface area contributed by atoms with Crippen molar-refractivity contribution in [1.82, 2.24) is 5.06 Å². The fraction of sp³-hybridized carbons (Fsp3) is 0.308. The van der Waals surface area contributed by atoms with Crippen LogP contribution in [-0.4, -0.2) is 35.2 Å². The summed E-state index contributed by atoms with van der Waals surface area (Å²) in [6, 6.07) is 9.08. The second-order valence-electron chi connectivity index (χ2n) is 4.92. The van der Waals surface area contributed by atoms with Crippen LogP contribution in [0.4, 0.5) is 5.69 Å². The summed E-state index contributed by atoms with van der Waals surface area (Å²) in [5.41, 5.74) is 11.1. The molecule has 1 heterocycles. The number of carbonyl (C=O) groups is 1. The molecule has 1 aromatic carbocycles. The van der Waals surface area contributed by atoms with E-state index in [4.69, 9.17) is 16.3 Å². The summed E-state index contributed by atoms with van der Waals surface area (Å²) in [7, 11) is 0. The van der Waals surface area contributed by atoms with Crippen LogP contribution in [0.25, 0.3) is 0 Å². The summed E-state index contributed by atoms with van der Waals surface area (Å²) < 4.78 is 0. The van der Waals surface area contributed by atoms with Crippen LogP contribution in [-0.2, 0) is 9.63 Å². The van der Waals surface area contributed by atoms with Crippen LogP contribution in [0.1, 0.15) is 13.8 Å². The summed E-state index contributed by atoms with van der Waals surface area (Å²) in [6.07, 6.45) is 0. The molecule has 0 saturated heterocycles. The molecule has 1 aromatic rings. The third kappa shape index (κ3) is 4.43. The lowest BCUT2D eigenvalue weighted by Gasteiger charge is -2.36. The highest BCUT2D eigenvalue weighted by molar-refractivity contribution is 8.93. The number of nitrogens with zero attached hydrogens (tertiary/aromatic N) is 3. The van der Waals surface area contributed by atoms with Crippen molar-refractivity contribution in [2.45, 2.75) is 19.5 Å². The molecule has 0 aliphatic carbocycles. The van der Waals surface area contributed by atoms with Gasteiger partial charge in [0.25, 0.3) is 5.91 Å². The second-order valence-corrected chi connectivity index (χ2v) is 4.92. The molecule has 0 fully saturated rings. The predicted octanol–water partition coefficient (Wildman–Crippen LogP) is 0.816. The molecule has 0 bridgehead atoms. The number of hydrogen-bond donors (Lipinski definition) is 3. The second kappa shape index (κ2) is 7.23. The van der Waals surface area contributed by atoms with Gasteiger partial charge in [0.2, 0.25) is 11.9 Å². The SMILES string of the molecule is Br.CC1(C)N=C(N)N=C(N)N1OCC(=O)Nc1ccccc1. The molecule has 120 valence electrons. The van der Waals surface area contributed by atoms with Crippen molar-refractivity contribution in [2.75, 3.05) is 11.9 Å². The first-order chi connectivity index (χ1) is 9.88. The molecule has 5 N–H and O–H groups in total. The first-order valence-corrected chi connectivity index (χ1v) is 6.36. The number of nitrogens with two attached hydrogens (primary N) is 2. The van der Waals surface area contributed by atoms with Gasteiger partial charge in [-0.1, -0.05) is 18.2 Å². The maximum atomic E-state index is 11.8. The van der Waals surface area contributed by atoms with Crippen molar-refractivity contribution >= 4 is 40.5 Å². The molecule has 1 amide bonds. The van der Waals surface area contributed by atoms with Gasteiger partial charge in [0, 0.05) is 5.69 Å². The van der Waals surface area contributed by atoms with Crippen molar-refractivity contribution in [3.63, 3.8) is 0 Å². The quantitative estimate of drug-likeness (QED) is 0.724. The lowest BCUT2D eigenvalue weighted by atomic mass is 10.2. The molecule has 22 heavy (non-hydrogen) atoms.